The van der Waals surface area contributed by atoms with Crippen molar-refractivity contribution in [2.24, 2.45) is 0 Å². The maximum absolute atomic E-state index is 14.1. The number of likely N-dealkylation sites (N-methyl/N-ethyl adjacent to an activating group) is 1. The number of esters is 1. The van der Waals surface area contributed by atoms with E-state index in [4.69, 9.17) is 16.3 Å². The molecule has 0 bridgehead atoms. The Bertz CT molecular complexity index is 1480. The maximum Gasteiger partial charge on any atom is 0.338 e. The Hall–Kier alpha value is -4.21. The molecule has 0 aromatic heterocycles. The molecule has 1 atom stereocenters. The summed E-state index contributed by atoms with van der Waals surface area (Å²) in [5.74, 6) is -0.851. The standard InChI is InChI=1S/C33H35ClN4O5/c1-2-36-30(39)17-23-10-15-28(34)25(16-23)20-37(26-13-14-26)32(41)29-18-35-19-31(40)38(29)27-11-8-22(9-12-27)21-43-33(42)24-6-4-3-5-7-24/h3-12,15-16,26,29,35H,2,13-14,17-21H2,1H3,(H,36,39)/t29-/m1/s1. The van der Waals surface area contributed by atoms with Crippen LogP contribution in [0, 0.1) is 0 Å². The van der Waals surface area contributed by atoms with Gasteiger partial charge >= 0.3 is 5.97 Å². The topological polar surface area (TPSA) is 108 Å². The van der Waals surface area contributed by atoms with Gasteiger partial charge in [0.25, 0.3) is 0 Å². The summed E-state index contributed by atoms with van der Waals surface area (Å²) in [7, 11) is 0. The van der Waals surface area contributed by atoms with Crippen molar-refractivity contribution in [3.8, 4) is 0 Å². The van der Waals surface area contributed by atoms with Crippen LogP contribution in [0.2, 0.25) is 5.02 Å². The Morgan fingerprint density at radius 1 is 1.02 bits per heavy atom. The molecule has 224 valence electrons. The average molecular weight is 603 g/mol. The molecule has 5 rings (SSSR count). The van der Waals surface area contributed by atoms with Gasteiger partial charge in [-0.15, -0.1) is 0 Å². The van der Waals surface area contributed by atoms with E-state index in [0.717, 1.165) is 29.5 Å². The van der Waals surface area contributed by atoms with Gasteiger partial charge in [-0.2, -0.15) is 0 Å². The van der Waals surface area contributed by atoms with Crippen molar-refractivity contribution in [2.75, 3.05) is 24.5 Å². The van der Waals surface area contributed by atoms with Gasteiger partial charge in [-0.3, -0.25) is 19.3 Å². The van der Waals surface area contributed by atoms with Gasteiger partial charge < -0.3 is 20.3 Å². The Balaban J connectivity index is 1.30. The molecule has 1 heterocycles. The molecular formula is C33H35ClN4O5. The van der Waals surface area contributed by atoms with Crippen molar-refractivity contribution < 1.29 is 23.9 Å². The van der Waals surface area contributed by atoms with E-state index in [1.54, 1.807) is 59.5 Å². The Kier molecular flexibility index (Phi) is 9.74. The van der Waals surface area contributed by atoms with E-state index < -0.39 is 12.0 Å². The van der Waals surface area contributed by atoms with E-state index in [2.05, 4.69) is 10.6 Å². The molecule has 2 fully saturated rings. The van der Waals surface area contributed by atoms with Gasteiger partial charge in [0.2, 0.25) is 17.7 Å². The number of nitrogens with one attached hydrogen (secondary N) is 2. The number of amides is 3. The third-order valence-electron chi connectivity index (χ3n) is 7.53. The summed E-state index contributed by atoms with van der Waals surface area (Å²) >= 11 is 6.55. The highest BCUT2D eigenvalue weighted by Crippen LogP contribution is 2.32. The van der Waals surface area contributed by atoms with Crippen LogP contribution in [0.5, 0.6) is 0 Å². The van der Waals surface area contributed by atoms with E-state index >= 15 is 0 Å². The summed E-state index contributed by atoms with van der Waals surface area (Å²) < 4.78 is 5.43. The molecule has 2 N–H and O–H groups in total. The van der Waals surface area contributed by atoms with Crippen molar-refractivity contribution in [2.45, 2.75) is 51.4 Å². The summed E-state index contributed by atoms with van der Waals surface area (Å²) in [6, 6.07) is 20.7. The molecule has 1 saturated heterocycles. The van der Waals surface area contributed by atoms with Crippen molar-refractivity contribution in [1.29, 1.82) is 0 Å². The molecule has 43 heavy (non-hydrogen) atoms. The first-order valence-electron chi connectivity index (χ1n) is 14.5. The predicted octanol–water partition coefficient (Wildman–Crippen LogP) is 3.87. The molecular weight excluding hydrogens is 568 g/mol. The first kappa shape index (κ1) is 30.3. The van der Waals surface area contributed by atoms with Gasteiger partial charge in [-0.1, -0.05) is 54.1 Å². The second kappa shape index (κ2) is 13.8. The zero-order valence-corrected chi connectivity index (χ0v) is 24.8. The number of hydrogen-bond donors (Lipinski definition) is 2. The minimum Gasteiger partial charge on any atom is -0.457 e. The second-order valence-corrected chi connectivity index (χ2v) is 11.2. The van der Waals surface area contributed by atoms with Gasteiger partial charge in [0.15, 0.2) is 0 Å². The molecule has 0 radical (unpaired) electrons. The van der Waals surface area contributed by atoms with Gasteiger partial charge in [0.05, 0.1) is 18.5 Å². The van der Waals surface area contributed by atoms with E-state index in [1.807, 2.05) is 30.0 Å². The minimum atomic E-state index is -0.735. The molecule has 0 spiro atoms. The fourth-order valence-corrected chi connectivity index (χ4v) is 5.38. The number of nitrogens with zero attached hydrogens (tertiary/aromatic N) is 2. The highest BCUT2D eigenvalue weighted by atomic mass is 35.5. The van der Waals surface area contributed by atoms with E-state index in [9.17, 15) is 19.2 Å². The number of halogens is 1. The fraction of sp³-hybridized carbons (Fsp3) is 0.333. The van der Waals surface area contributed by atoms with Crippen LogP contribution in [0.3, 0.4) is 0 Å². The first-order chi connectivity index (χ1) is 20.8. The largest absolute Gasteiger partial charge is 0.457 e. The number of piperazine rings is 1. The number of rotatable bonds is 11. The molecule has 0 unspecified atom stereocenters. The number of hydrogen-bond acceptors (Lipinski definition) is 6. The maximum atomic E-state index is 14.1. The number of carbonyl (C=O) groups is 4. The zero-order chi connectivity index (χ0) is 30.3. The number of carbonyl (C=O) groups excluding carboxylic acids is 4. The fourth-order valence-electron chi connectivity index (χ4n) is 5.20. The number of anilines is 1. The van der Waals surface area contributed by atoms with Crippen LogP contribution in [0.1, 0.15) is 46.8 Å². The third kappa shape index (κ3) is 7.60. The highest BCUT2D eigenvalue weighted by molar-refractivity contribution is 6.31. The van der Waals surface area contributed by atoms with Crippen molar-refractivity contribution >= 4 is 41.0 Å². The predicted molar refractivity (Wildman–Crippen MR) is 164 cm³/mol. The van der Waals surface area contributed by atoms with Crippen molar-refractivity contribution in [1.82, 2.24) is 15.5 Å². The van der Waals surface area contributed by atoms with Crippen LogP contribution in [-0.2, 0) is 38.7 Å². The summed E-state index contributed by atoms with van der Waals surface area (Å²) in [5.41, 5.74) is 3.42. The van der Waals surface area contributed by atoms with E-state index in [-0.39, 0.29) is 49.9 Å². The summed E-state index contributed by atoms with van der Waals surface area (Å²) in [4.78, 5) is 55.0. The van der Waals surface area contributed by atoms with Gasteiger partial charge in [-0.25, -0.2) is 4.79 Å². The summed E-state index contributed by atoms with van der Waals surface area (Å²) in [6.45, 7) is 3.23. The Labute approximate surface area is 256 Å². The van der Waals surface area contributed by atoms with Crippen LogP contribution in [0.4, 0.5) is 5.69 Å². The molecule has 3 aromatic carbocycles. The molecule has 1 saturated carbocycles. The molecule has 3 amide bonds. The van der Waals surface area contributed by atoms with E-state index in [0.29, 0.717) is 29.4 Å². The molecule has 1 aliphatic carbocycles. The lowest BCUT2D eigenvalue weighted by Gasteiger charge is -2.38. The van der Waals surface area contributed by atoms with Crippen molar-refractivity contribution in [3.05, 3.63) is 100 Å². The molecule has 1 aliphatic heterocycles. The van der Waals surface area contributed by atoms with Gasteiger partial charge in [-0.05, 0) is 66.8 Å². The third-order valence-corrected chi connectivity index (χ3v) is 7.90. The number of benzene rings is 3. The van der Waals surface area contributed by atoms with Crippen LogP contribution >= 0.6 is 11.6 Å². The van der Waals surface area contributed by atoms with Crippen LogP contribution in [0.25, 0.3) is 0 Å². The first-order valence-corrected chi connectivity index (χ1v) is 14.9. The minimum absolute atomic E-state index is 0.0659. The summed E-state index contributed by atoms with van der Waals surface area (Å²) in [6.07, 6.45) is 1.99. The zero-order valence-electron chi connectivity index (χ0n) is 24.1. The van der Waals surface area contributed by atoms with Crippen molar-refractivity contribution in [3.63, 3.8) is 0 Å². The number of ether oxygens (including phenoxy) is 1. The lowest BCUT2D eigenvalue weighted by Crippen LogP contribution is -2.61. The van der Waals surface area contributed by atoms with Gasteiger partial charge in [0, 0.05) is 36.4 Å². The second-order valence-electron chi connectivity index (χ2n) is 10.8. The highest BCUT2D eigenvalue weighted by Gasteiger charge is 2.41. The quantitative estimate of drug-likeness (QED) is 0.323. The van der Waals surface area contributed by atoms with Crippen LogP contribution in [-0.4, -0.2) is 60.3 Å². The normalized spacial score (nSPS) is 16.5. The Morgan fingerprint density at radius 2 is 1.74 bits per heavy atom. The summed E-state index contributed by atoms with van der Waals surface area (Å²) in [5, 5.41) is 6.42. The smallest absolute Gasteiger partial charge is 0.338 e. The Morgan fingerprint density at radius 3 is 2.44 bits per heavy atom. The monoisotopic (exact) mass is 602 g/mol. The molecule has 3 aromatic rings. The molecule has 2 aliphatic rings. The SMILES string of the molecule is CCNC(=O)Cc1ccc(Cl)c(CN(C(=O)[C@H]2CNCC(=O)N2c2ccc(COC(=O)c3ccccc3)cc2)C2CC2)c1. The molecule has 10 heteroatoms. The van der Waals surface area contributed by atoms with Crippen LogP contribution in [0.15, 0.2) is 72.8 Å². The van der Waals surface area contributed by atoms with Crippen LogP contribution < -0.4 is 15.5 Å². The lowest BCUT2D eigenvalue weighted by atomic mass is 10.1. The van der Waals surface area contributed by atoms with E-state index in [1.165, 1.54) is 0 Å². The van der Waals surface area contributed by atoms with Gasteiger partial charge in [0.1, 0.15) is 12.6 Å². The lowest BCUT2D eigenvalue weighted by molar-refractivity contribution is -0.136. The molecule has 9 nitrogen and oxygen atoms in total. The average Bonchev–Trinajstić information content (AvgIpc) is 3.86.